The molecule has 1 unspecified atom stereocenters. The van der Waals surface area contributed by atoms with Gasteiger partial charge in [0.05, 0.1) is 17.7 Å². The van der Waals surface area contributed by atoms with Crippen molar-refractivity contribution >= 4 is 21.7 Å². The fraction of sp³-hybridized carbons (Fsp3) is 0.444. The first-order valence-corrected chi connectivity index (χ1v) is 10.6. The Morgan fingerprint density at radius 3 is 3.00 bits per heavy atom. The number of carbonyl (C=O) groups is 1. The van der Waals surface area contributed by atoms with Gasteiger partial charge >= 0.3 is 0 Å². The van der Waals surface area contributed by atoms with Crippen LogP contribution in [0.2, 0.25) is 0 Å². The second-order valence-electron chi connectivity index (χ2n) is 6.68. The number of piperidine rings is 1. The molecule has 0 spiro atoms. The molecule has 1 saturated heterocycles. The van der Waals surface area contributed by atoms with Crippen molar-refractivity contribution in [2.45, 2.75) is 43.7 Å². The van der Waals surface area contributed by atoms with Crippen LogP contribution in [0.1, 0.15) is 25.3 Å². The van der Waals surface area contributed by atoms with Gasteiger partial charge in [0.25, 0.3) is 0 Å². The van der Waals surface area contributed by atoms with Gasteiger partial charge in [-0.25, -0.2) is 13.1 Å². The van der Waals surface area contributed by atoms with Crippen LogP contribution in [0.15, 0.2) is 35.4 Å². The molecule has 2 aliphatic rings. The average molecular weight is 390 g/mol. The Balaban J connectivity index is 1.55. The van der Waals surface area contributed by atoms with E-state index in [1.807, 2.05) is 6.92 Å². The summed E-state index contributed by atoms with van der Waals surface area (Å²) < 4.78 is 35.4. The van der Waals surface area contributed by atoms with Gasteiger partial charge in [-0.2, -0.15) is 9.82 Å². The Hall–Kier alpha value is -2.39. The summed E-state index contributed by atoms with van der Waals surface area (Å²) in [5.41, 5.74) is 0.876. The number of amides is 1. The first-order chi connectivity index (χ1) is 13.0. The number of benzene rings is 1. The largest absolute Gasteiger partial charge is 0.493 e. The number of sulfonamides is 1. The fourth-order valence-electron chi connectivity index (χ4n) is 3.60. The minimum Gasteiger partial charge on any atom is -0.493 e. The predicted octanol–water partition coefficient (Wildman–Crippen LogP) is 1.31. The van der Waals surface area contributed by atoms with Crippen molar-refractivity contribution in [3.05, 3.63) is 36.0 Å². The van der Waals surface area contributed by atoms with E-state index in [9.17, 15) is 13.2 Å². The number of nitrogens with one attached hydrogen (secondary N) is 1. The molecule has 2 aliphatic heterocycles. The van der Waals surface area contributed by atoms with Crippen molar-refractivity contribution < 1.29 is 17.9 Å². The maximum atomic E-state index is 12.9. The number of ether oxygens (including phenoxy) is 1. The number of aryl methyl sites for hydroxylation is 1. The van der Waals surface area contributed by atoms with Crippen LogP contribution in [0.4, 0.5) is 5.82 Å². The van der Waals surface area contributed by atoms with Crippen LogP contribution in [0, 0.1) is 0 Å². The monoisotopic (exact) mass is 390 g/mol. The fourth-order valence-corrected chi connectivity index (χ4v) is 4.87. The van der Waals surface area contributed by atoms with Crippen molar-refractivity contribution in [1.82, 2.24) is 14.5 Å². The topological polar surface area (TPSA) is 93.5 Å². The normalized spacial score (nSPS) is 19.8. The second kappa shape index (κ2) is 6.97. The number of nitrogens with zero attached hydrogens (tertiary/aromatic N) is 3. The van der Waals surface area contributed by atoms with Crippen LogP contribution in [0.25, 0.3) is 0 Å². The average Bonchev–Trinajstić information content (AvgIpc) is 3.31. The van der Waals surface area contributed by atoms with Gasteiger partial charge in [-0.05, 0) is 43.5 Å². The molecule has 1 fully saturated rings. The van der Waals surface area contributed by atoms with Crippen molar-refractivity contribution in [3.63, 3.8) is 0 Å². The number of fused-ring (bicyclic) bond motifs is 1. The van der Waals surface area contributed by atoms with E-state index in [1.165, 1.54) is 6.07 Å². The molecular formula is C18H22N4O4S. The third kappa shape index (κ3) is 3.32. The molecule has 1 aromatic carbocycles. The van der Waals surface area contributed by atoms with Gasteiger partial charge in [0.15, 0.2) is 0 Å². The zero-order chi connectivity index (χ0) is 19.0. The van der Waals surface area contributed by atoms with Gasteiger partial charge in [-0.15, -0.1) is 0 Å². The quantitative estimate of drug-likeness (QED) is 0.831. The van der Waals surface area contributed by atoms with Gasteiger partial charge < -0.3 is 4.74 Å². The van der Waals surface area contributed by atoms with E-state index in [0.717, 1.165) is 11.3 Å². The lowest BCUT2D eigenvalue weighted by Gasteiger charge is -2.32. The van der Waals surface area contributed by atoms with Crippen molar-refractivity contribution in [2.75, 3.05) is 18.1 Å². The van der Waals surface area contributed by atoms with Gasteiger partial charge in [-0.1, -0.05) is 0 Å². The molecule has 1 N–H and O–H groups in total. The summed E-state index contributed by atoms with van der Waals surface area (Å²) in [5, 5.41) is 4.20. The molecule has 1 amide bonds. The number of aromatic nitrogens is 2. The highest BCUT2D eigenvalue weighted by atomic mass is 32.2. The van der Waals surface area contributed by atoms with E-state index in [0.29, 0.717) is 44.8 Å². The molecule has 8 nitrogen and oxygen atoms in total. The first-order valence-electron chi connectivity index (χ1n) is 9.11. The summed E-state index contributed by atoms with van der Waals surface area (Å²) in [6.07, 6.45) is 3.52. The molecule has 9 heteroatoms. The lowest BCUT2D eigenvalue weighted by atomic mass is 10.1. The zero-order valence-corrected chi connectivity index (χ0v) is 15.9. The lowest BCUT2D eigenvalue weighted by molar-refractivity contribution is -0.121. The minimum absolute atomic E-state index is 0.162. The van der Waals surface area contributed by atoms with Crippen molar-refractivity contribution in [2.24, 2.45) is 0 Å². The molecule has 27 heavy (non-hydrogen) atoms. The number of hydrogen-bond donors (Lipinski definition) is 1. The highest BCUT2D eigenvalue weighted by Crippen LogP contribution is 2.28. The van der Waals surface area contributed by atoms with E-state index in [-0.39, 0.29) is 10.8 Å². The second-order valence-corrected chi connectivity index (χ2v) is 8.39. The van der Waals surface area contributed by atoms with Crippen molar-refractivity contribution in [1.29, 1.82) is 0 Å². The number of anilines is 1. The molecule has 0 radical (unpaired) electrons. The van der Waals surface area contributed by atoms with Gasteiger partial charge in [-0.3, -0.25) is 9.69 Å². The van der Waals surface area contributed by atoms with Gasteiger partial charge in [0, 0.05) is 25.6 Å². The van der Waals surface area contributed by atoms with Gasteiger partial charge in [0.1, 0.15) is 17.6 Å². The van der Waals surface area contributed by atoms with E-state index in [2.05, 4.69) is 9.82 Å². The van der Waals surface area contributed by atoms with Crippen molar-refractivity contribution in [3.8, 4) is 5.75 Å². The highest BCUT2D eigenvalue weighted by Gasteiger charge is 2.34. The molecule has 1 aromatic heterocycles. The summed E-state index contributed by atoms with van der Waals surface area (Å²) >= 11 is 0. The van der Waals surface area contributed by atoms with E-state index in [4.69, 9.17) is 4.74 Å². The molecule has 0 aliphatic carbocycles. The van der Waals surface area contributed by atoms with E-state index >= 15 is 0 Å². The molecule has 4 rings (SSSR count). The van der Waals surface area contributed by atoms with Gasteiger partial charge in [0.2, 0.25) is 15.9 Å². The maximum absolute atomic E-state index is 12.9. The number of rotatable bonds is 5. The lowest BCUT2D eigenvalue weighted by Crippen LogP contribution is -2.52. The van der Waals surface area contributed by atoms with Crippen LogP contribution < -0.4 is 14.4 Å². The molecule has 2 aromatic rings. The summed E-state index contributed by atoms with van der Waals surface area (Å²) in [5.74, 6) is 1.17. The minimum atomic E-state index is -3.80. The molecule has 0 saturated carbocycles. The van der Waals surface area contributed by atoms with Crippen LogP contribution in [0.3, 0.4) is 0 Å². The smallest absolute Gasteiger partial charge is 0.246 e. The third-order valence-corrected chi connectivity index (χ3v) is 6.45. The molecule has 144 valence electrons. The summed E-state index contributed by atoms with van der Waals surface area (Å²) in [7, 11) is -3.80. The summed E-state index contributed by atoms with van der Waals surface area (Å²) in [6, 6.07) is 5.81. The summed E-state index contributed by atoms with van der Waals surface area (Å²) in [4.78, 5) is 14.7. The zero-order valence-electron chi connectivity index (χ0n) is 15.1. The van der Waals surface area contributed by atoms with Crippen LogP contribution in [-0.2, 0) is 27.8 Å². The number of carbonyl (C=O) groups excluding carboxylic acids is 1. The number of hydrogen-bond acceptors (Lipinski definition) is 5. The summed E-state index contributed by atoms with van der Waals surface area (Å²) in [6.45, 7) is 3.70. The Bertz CT molecular complexity index is 969. The highest BCUT2D eigenvalue weighted by molar-refractivity contribution is 7.89. The molecule has 0 bridgehead atoms. The Labute approximate surface area is 158 Å². The molecular weight excluding hydrogens is 368 g/mol. The third-order valence-electron chi connectivity index (χ3n) is 4.98. The van der Waals surface area contributed by atoms with E-state index in [1.54, 1.807) is 34.0 Å². The maximum Gasteiger partial charge on any atom is 0.246 e. The predicted molar refractivity (Wildman–Crippen MR) is 99.2 cm³/mol. The van der Waals surface area contributed by atoms with Crippen LogP contribution in [0.5, 0.6) is 5.75 Å². The molecule has 3 heterocycles. The Morgan fingerprint density at radius 1 is 1.33 bits per heavy atom. The SMILES string of the molecule is CCn1nccc1N1CCCC(NS(=O)(=O)c2ccc3c(c2)CCO3)C1=O. The van der Waals surface area contributed by atoms with Crippen LogP contribution >= 0.6 is 0 Å². The molecule has 1 atom stereocenters. The standard InChI is InChI=1S/C18H22N4O4S/c1-2-22-17(7-9-19-22)21-10-3-4-15(18(21)23)20-27(24,25)14-5-6-16-13(12-14)8-11-26-16/h5-7,9,12,15,20H,2-4,8,10-11H2,1H3. The van der Waals surface area contributed by atoms with E-state index < -0.39 is 16.1 Å². The Kier molecular flexibility index (Phi) is 4.65. The first kappa shape index (κ1) is 18.0. The van der Waals surface area contributed by atoms with Crippen LogP contribution in [-0.4, -0.2) is 43.3 Å². The Morgan fingerprint density at radius 2 is 2.19 bits per heavy atom.